The largest absolute Gasteiger partial charge is 0.389 e. The molecule has 0 amide bonds. The number of benzene rings is 1. The Kier molecular flexibility index (Phi) is 5.11. The molecule has 1 N–H and O–H groups in total. The molecule has 18 heavy (non-hydrogen) atoms. The maximum atomic E-state index is 13.3. The molecule has 1 fully saturated rings. The third kappa shape index (κ3) is 4.05. The molecule has 1 aliphatic heterocycles. The Balaban J connectivity index is 1.67. The van der Waals surface area contributed by atoms with Gasteiger partial charge in [0.2, 0.25) is 0 Å². The maximum Gasteiger partial charge on any atom is 0.128 e. The summed E-state index contributed by atoms with van der Waals surface area (Å²) in [5, 5.41) is 9.80. The fraction of sp³-hybridized carbons (Fsp3) is 0.571. The number of β-amino-alcohol motifs (C(OH)–C–C–N with tert-alkyl or cyclic N) is 1. The third-order valence-electron chi connectivity index (χ3n) is 3.19. The van der Waals surface area contributed by atoms with Crippen molar-refractivity contribution in [2.24, 2.45) is 0 Å². The van der Waals surface area contributed by atoms with E-state index < -0.39 is 6.10 Å². The van der Waals surface area contributed by atoms with Crippen molar-refractivity contribution >= 4 is 0 Å². The van der Waals surface area contributed by atoms with Gasteiger partial charge in [0.25, 0.3) is 0 Å². The molecule has 100 valence electrons. The summed E-state index contributed by atoms with van der Waals surface area (Å²) < 4.78 is 18.6. The van der Waals surface area contributed by atoms with Crippen LogP contribution >= 0.6 is 0 Å². The monoisotopic (exact) mass is 253 g/mol. The smallest absolute Gasteiger partial charge is 0.128 e. The number of nitrogens with zero attached hydrogens (tertiary/aromatic N) is 1. The lowest BCUT2D eigenvalue weighted by molar-refractivity contribution is 0.0126. The van der Waals surface area contributed by atoms with Gasteiger partial charge in [0, 0.05) is 12.1 Å². The molecule has 1 heterocycles. The predicted molar refractivity (Wildman–Crippen MR) is 67.7 cm³/mol. The van der Waals surface area contributed by atoms with Crippen LogP contribution in [-0.4, -0.2) is 42.4 Å². The molecule has 0 unspecified atom stereocenters. The molecule has 3 nitrogen and oxygen atoms in total. The number of ether oxygens (including phenoxy) is 1. The molecule has 2 rings (SSSR count). The number of likely N-dealkylation sites (tertiary alicyclic amines) is 1. The summed E-state index contributed by atoms with van der Waals surface area (Å²) in [5.41, 5.74) is 0.533. The zero-order chi connectivity index (χ0) is 12.8. The van der Waals surface area contributed by atoms with Gasteiger partial charge in [-0.15, -0.1) is 0 Å². The lowest BCUT2D eigenvalue weighted by Gasteiger charge is -2.19. The zero-order valence-electron chi connectivity index (χ0n) is 10.5. The highest BCUT2D eigenvalue weighted by atomic mass is 19.1. The van der Waals surface area contributed by atoms with Crippen molar-refractivity contribution in [1.82, 2.24) is 4.90 Å². The first-order chi connectivity index (χ1) is 8.75. The summed E-state index contributed by atoms with van der Waals surface area (Å²) >= 11 is 0. The lowest BCUT2D eigenvalue weighted by Crippen LogP contribution is -2.32. The average Bonchev–Trinajstić information content (AvgIpc) is 2.84. The van der Waals surface area contributed by atoms with Crippen LogP contribution in [0.4, 0.5) is 4.39 Å². The Morgan fingerprint density at radius 1 is 1.28 bits per heavy atom. The van der Waals surface area contributed by atoms with Crippen LogP contribution < -0.4 is 0 Å². The van der Waals surface area contributed by atoms with Crippen molar-refractivity contribution in [3.05, 3.63) is 35.6 Å². The van der Waals surface area contributed by atoms with Crippen LogP contribution in [0.3, 0.4) is 0 Å². The average molecular weight is 253 g/mol. The Labute approximate surface area is 107 Å². The number of aliphatic hydroxyl groups excluding tert-OH is 1. The van der Waals surface area contributed by atoms with Crippen LogP contribution in [-0.2, 0) is 11.3 Å². The Morgan fingerprint density at radius 3 is 2.72 bits per heavy atom. The highest BCUT2D eigenvalue weighted by Crippen LogP contribution is 2.10. The summed E-state index contributed by atoms with van der Waals surface area (Å²) in [6, 6.07) is 6.55. The first kappa shape index (κ1) is 13.5. The van der Waals surface area contributed by atoms with E-state index in [0.29, 0.717) is 12.1 Å². The second-order valence-corrected chi connectivity index (χ2v) is 4.77. The van der Waals surface area contributed by atoms with Crippen molar-refractivity contribution in [1.29, 1.82) is 0 Å². The molecule has 0 radical (unpaired) electrons. The van der Waals surface area contributed by atoms with Crippen LogP contribution in [0.5, 0.6) is 0 Å². The Morgan fingerprint density at radius 2 is 2.00 bits per heavy atom. The van der Waals surface area contributed by atoms with E-state index in [4.69, 9.17) is 4.74 Å². The summed E-state index contributed by atoms with van der Waals surface area (Å²) in [7, 11) is 0. The SMILES string of the molecule is O[C@@H](COCc1ccccc1F)CN1CCCC1. The molecule has 1 aliphatic rings. The number of hydrogen-bond donors (Lipinski definition) is 1. The molecule has 0 saturated carbocycles. The van der Waals surface area contributed by atoms with Crippen molar-refractivity contribution in [2.75, 3.05) is 26.2 Å². The van der Waals surface area contributed by atoms with Gasteiger partial charge in [0.05, 0.1) is 19.3 Å². The van der Waals surface area contributed by atoms with E-state index in [1.165, 1.54) is 18.9 Å². The molecule has 1 saturated heterocycles. The zero-order valence-corrected chi connectivity index (χ0v) is 10.5. The van der Waals surface area contributed by atoms with E-state index >= 15 is 0 Å². The predicted octanol–water partition coefficient (Wildman–Crippen LogP) is 1.80. The molecule has 0 aromatic heterocycles. The topological polar surface area (TPSA) is 32.7 Å². The molecule has 0 aliphatic carbocycles. The molecule has 0 bridgehead atoms. The molecular formula is C14H20FNO2. The number of halogens is 1. The van der Waals surface area contributed by atoms with Gasteiger partial charge in [-0.1, -0.05) is 18.2 Å². The fourth-order valence-electron chi connectivity index (χ4n) is 2.24. The normalized spacial score (nSPS) is 18.1. The van der Waals surface area contributed by atoms with E-state index in [0.717, 1.165) is 13.1 Å². The Bertz CT molecular complexity index is 367. The van der Waals surface area contributed by atoms with E-state index in [1.54, 1.807) is 18.2 Å². The Hall–Kier alpha value is -0.970. The van der Waals surface area contributed by atoms with Gasteiger partial charge in [-0.25, -0.2) is 4.39 Å². The molecule has 1 atom stereocenters. The van der Waals surface area contributed by atoms with Crippen molar-refractivity contribution in [3.8, 4) is 0 Å². The van der Waals surface area contributed by atoms with Gasteiger partial charge in [0.1, 0.15) is 5.82 Å². The highest BCUT2D eigenvalue weighted by molar-refractivity contribution is 5.16. The highest BCUT2D eigenvalue weighted by Gasteiger charge is 2.15. The van der Waals surface area contributed by atoms with Gasteiger partial charge in [-0.2, -0.15) is 0 Å². The van der Waals surface area contributed by atoms with Crippen LogP contribution in [0.2, 0.25) is 0 Å². The minimum Gasteiger partial charge on any atom is -0.389 e. The van der Waals surface area contributed by atoms with Crippen molar-refractivity contribution < 1.29 is 14.2 Å². The van der Waals surface area contributed by atoms with E-state index in [1.807, 2.05) is 0 Å². The van der Waals surface area contributed by atoms with Gasteiger partial charge in [-0.3, -0.25) is 0 Å². The molecule has 1 aromatic rings. The van der Waals surface area contributed by atoms with Crippen LogP contribution in [0, 0.1) is 5.82 Å². The number of rotatable bonds is 6. The second kappa shape index (κ2) is 6.83. The van der Waals surface area contributed by atoms with E-state index in [9.17, 15) is 9.50 Å². The summed E-state index contributed by atoms with van der Waals surface area (Å²) in [5.74, 6) is -0.258. The molecule has 0 spiro atoms. The van der Waals surface area contributed by atoms with Gasteiger partial charge in [-0.05, 0) is 32.0 Å². The maximum absolute atomic E-state index is 13.3. The standard InChI is InChI=1S/C14H20FNO2/c15-14-6-2-1-5-12(14)10-18-11-13(17)9-16-7-3-4-8-16/h1-2,5-6,13,17H,3-4,7-11H2/t13-/m1/s1. The molecular weight excluding hydrogens is 233 g/mol. The summed E-state index contributed by atoms with van der Waals surface area (Å²) in [6.07, 6.45) is 1.93. The quantitative estimate of drug-likeness (QED) is 0.839. The lowest BCUT2D eigenvalue weighted by atomic mass is 10.2. The van der Waals surface area contributed by atoms with Crippen molar-refractivity contribution in [3.63, 3.8) is 0 Å². The van der Waals surface area contributed by atoms with Crippen LogP contribution in [0.15, 0.2) is 24.3 Å². The summed E-state index contributed by atoms with van der Waals surface area (Å²) in [4.78, 5) is 2.23. The number of hydrogen-bond acceptors (Lipinski definition) is 3. The second-order valence-electron chi connectivity index (χ2n) is 4.77. The summed E-state index contributed by atoms with van der Waals surface area (Å²) in [6.45, 7) is 3.24. The minimum atomic E-state index is -0.491. The van der Waals surface area contributed by atoms with Gasteiger partial charge < -0.3 is 14.7 Å². The van der Waals surface area contributed by atoms with Crippen molar-refractivity contribution in [2.45, 2.75) is 25.6 Å². The number of aliphatic hydroxyl groups is 1. The third-order valence-corrected chi connectivity index (χ3v) is 3.19. The molecule has 1 aromatic carbocycles. The first-order valence-electron chi connectivity index (χ1n) is 6.47. The minimum absolute atomic E-state index is 0.212. The van der Waals surface area contributed by atoms with Crippen LogP contribution in [0.1, 0.15) is 18.4 Å². The van der Waals surface area contributed by atoms with Gasteiger partial charge >= 0.3 is 0 Å². The van der Waals surface area contributed by atoms with Crippen LogP contribution in [0.25, 0.3) is 0 Å². The first-order valence-corrected chi connectivity index (χ1v) is 6.47. The van der Waals surface area contributed by atoms with Gasteiger partial charge in [0.15, 0.2) is 0 Å². The van der Waals surface area contributed by atoms with E-state index in [-0.39, 0.29) is 19.0 Å². The van der Waals surface area contributed by atoms with E-state index in [2.05, 4.69) is 4.90 Å². The molecule has 4 heteroatoms. The fourth-order valence-corrected chi connectivity index (χ4v) is 2.24.